The van der Waals surface area contributed by atoms with E-state index in [-0.39, 0.29) is 0 Å². The molecule has 0 aromatic carbocycles. The van der Waals surface area contributed by atoms with Gasteiger partial charge in [0.05, 0.1) is 6.54 Å². The van der Waals surface area contributed by atoms with Crippen molar-refractivity contribution in [3.63, 3.8) is 0 Å². The zero-order chi connectivity index (χ0) is 27.6. The fraction of sp³-hybridized carbons (Fsp3) is 0.794. The van der Waals surface area contributed by atoms with Crippen molar-refractivity contribution in [3.8, 4) is 0 Å². The van der Waals surface area contributed by atoms with Crippen molar-refractivity contribution >= 4 is 5.71 Å². The van der Waals surface area contributed by atoms with Gasteiger partial charge >= 0.3 is 0 Å². The van der Waals surface area contributed by atoms with Gasteiger partial charge in [0.2, 0.25) is 0 Å². The second-order valence-corrected chi connectivity index (χ2v) is 12.4. The summed E-state index contributed by atoms with van der Waals surface area (Å²) in [5, 5.41) is 3.49. The van der Waals surface area contributed by atoms with Gasteiger partial charge < -0.3 is 10.2 Å². The van der Waals surface area contributed by atoms with Crippen LogP contribution in [0.5, 0.6) is 0 Å². The van der Waals surface area contributed by atoms with Gasteiger partial charge in [-0.15, -0.1) is 0 Å². The molecule has 3 aliphatic carbocycles. The molecule has 3 rings (SSSR count). The fourth-order valence-electron chi connectivity index (χ4n) is 8.45. The first kappa shape index (κ1) is 31.9. The molecular weight excluding hydrogens is 450 g/mol. The average Bonchev–Trinajstić information content (AvgIpc) is 3.25. The van der Waals surface area contributed by atoms with Gasteiger partial charge in [-0.25, -0.2) is 0 Å². The van der Waals surface area contributed by atoms with Gasteiger partial charge in [-0.1, -0.05) is 78.8 Å². The summed E-state index contributed by atoms with van der Waals surface area (Å²) in [4.78, 5) is 7.41. The van der Waals surface area contributed by atoms with Crippen LogP contribution < -0.4 is 5.32 Å². The van der Waals surface area contributed by atoms with Gasteiger partial charge in [-0.2, -0.15) is 0 Å². The SMILES string of the molecule is C=C/C=C1/CCC2C(CCC3(C)C(C(C)=NCC(=C)N(C)CCNCCC)CCC23)C1(C)CCC.CC. The second kappa shape index (κ2) is 14.7. The summed E-state index contributed by atoms with van der Waals surface area (Å²) in [6.45, 7) is 28.3. The molecule has 212 valence electrons. The highest BCUT2D eigenvalue weighted by Crippen LogP contribution is 2.66. The van der Waals surface area contributed by atoms with Crippen LogP contribution in [0.25, 0.3) is 0 Å². The molecule has 0 saturated heterocycles. The van der Waals surface area contributed by atoms with E-state index in [1.54, 1.807) is 5.57 Å². The van der Waals surface area contributed by atoms with Crippen LogP contribution in [-0.4, -0.2) is 43.8 Å². The molecule has 3 heteroatoms. The lowest BCUT2D eigenvalue weighted by atomic mass is 9.47. The first-order valence-corrected chi connectivity index (χ1v) is 15.7. The maximum absolute atomic E-state index is 5.14. The zero-order valence-corrected chi connectivity index (χ0v) is 26.0. The summed E-state index contributed by atoms with van der Waals surface area (Å²) in [5.41, 5.74) is 4.97. The second-order valence-electron chi connectivity index (χ2n) is 12.4. The Morgan fingerprint density at radius 2 is 1.81 bits per heavy atom. The molecule has 1 N–H and O–H groups in total. The predicted molar refractivity (Wildman–Crippen MR) is 165 cm³/mol. The molecule has 0 heterocycles. The molecule has 0 bridgehead atoms. The molecule has 37 heavy (non-hydrogen) atoms. The summed E-state index contributed by atoms with van der Waals surface area (Å²) in [5.74, 6) is 3.21. The van der Waals surface area contributed by atoms with Crippen molar-refractivity contribution in [1.82, 2.24) is 10.2 Å². The summed E-state index contributed by atoms with van der Waals surface area (Å²) >= 11 is 0. The first-order chi connectivity index (χ1) is 17.7. The topological polar surface area (TPSA) is 27.6 Å². The molecule has 0 radical (unpaired) electrons. The van der Waals surface area contributed by atoms with Gasteiger partial charge in [0.25, 0.3) is 0 Å². The Kier molecular flexibility index (Phi) is 12.7. The standard InChI is InChI=1S/C32H55N3.C2H6/c1-9-12-26-13-14-27-29-16-15-28(32(29,7)19-17-30(27)31(26,6)18-10-2)25(5)34-23-24(4)35(8)22-21-33-20-11-3;1-2/h9,12,27-30,33H,1,4,10-11,13-23H2,2-3,5-8H3;1-2H3/b26-12-,34-25?;. The van der Waals surface area contributed by atoms with Crippen molar-refractivity contribution in [3.05, 3.63) is 36.6 Å². The lowest BCUT2D eigenvalue weighted by molar-refractivity contribution is -0.0408. The normalized spacial score (nSPS) is 34.3. The van der Waals surface area contributed by atoms with Crippen molar-refractivity contribution in [2.45, 2.75) is 106 Å². The van der Waals surface area contributed by atoms with Crippen LogP contribution in [-0.2, 0) is 0 Å². The third kappa shape index (κ3) is 7.00. The van der Waals surface area contributed by atoms with E-state index < -0.39 is 0 Å². The monoisotopic (exact) mass is 511 g/mol. The minimum absolute atomic E-state index is 0.364. The highest BCUT2D eigenvalue weighted by molar-refractivity contribution is 5.85. The summed E-state index contributed by atoms with van der Waals surface area (Å²) in [6, 6.07) is 0. The van der Waals surface area contributed by atoms with E-state index in [1.807, 2.05) is 19.9 Å². The van der Waals surface area contributed by atoms with Crippen LogP contribution in [0.15, 0.2) is 41.6 Å². The van der Waals surface area contributed by atoms with Crippen molar-refractivity contribution in [2.75, 3.05) is 33.2 Å². The largest absolute Gasteiger partial charge is 0.376 e. The van der Waals surface area contributed by atoms with Crippen molar-refractivity contribution in [1.29, 1.82) is 0 Å². The molecule has 0 aliphatic heterocycles. The molecule has 3 aliphatic rings. The molecular formula is C34H61N3. The molecule has 3 nitrogen and oxygen atoms in total. The number of aliphatic imine (C=N–C) groups is 1. The average molecular weight is 512 g/mol. The predicted octanol–water partition coefficient (Wildman–Crippen LogP) is 8.69. The minimum atomic E-state index is 0.364. The van der Waals surface area contributed by atoms with Gasteiger partial charge in [0, 0.05) is 37.5 Å². The quantitative estimate of drug-likeness (QED) is 0.210. The fourth-order valence-corrected chi connectivity index (χ4v) is 8.45. The van der Waals surface area contributed by atoms with E-state index in [9.17, 15) is 0 Å². The van der Waals surface area contributed by atoms with Gasteiger partial charge in [-0.05, 0) is 93.4 Å². The lowest BCUT2D eigenvalue weighted by Crippen LogP contribution is -2.50. The number of fused-ring (bicyclic) bond motifs is 3. The molecule has 0 amide bonds. The van der Waals surface area contributed by atoms with Crippen LogP contribution >= 0.6 is 0 Å². The van der Waals surface area contributed by atoms with Crippen molar-refractivity contribution in [2.24, 2.45) is 39.5 Å². The van der Waals surface area contributed by atoms with Crippen LogP contribution in [0, 0.1) is 34.5 Å². The number of hydrogen-bond donors (Lipinski definition) is 1. The lowest BCUT2D eigenvalue weighted by Gasteiger charge is -2.57. The highest BCUT2D eigenvalue weighted by atomic mass is 15.1. The third-order valence-corrected chi connectivity index (χ3v) is 10.4. The highest BCUT2D eigenvalue weighted by Gasteiger charge is 2.58. The molecule has 6 atom stereocenters. The Morgan fingerprint density at radius 3 is 2.46 bits per heavy atom. The van der Waals surface area contributed by atoms with Gasteiger partial charge in [0.1, 0.15) is 0 Å². The first-order valence-electron chi connectivity index (χ1n) is 15.7. The Labute approximate surface area is 231 Å². The zero-order valence-electron chi connectivity index (χ0n) is 26.0. The molecule has 6 unspecified atom stereocenters. The third-order valence-electron chi connectivity index (χ3n) is 10.4. The number of allylic oxidation sites excluding steroid dienone is 3. The summed E-state index contributed by atoms with van der Waals surface area (Å²) < 4.78 is 0. The summed E-state index contributed by atoms with van der Waals surface area (Å²) in [7, 11) is 2.15. The maximum atomic E-state index is 5.14. The van der Waals surface area contributed by atoms with E-state index in [0.29, 0.717) is 16.7 Å². The Morgan fingerprint density at radius 1 is 1.08 bits per heavy atom. The number of likely N-dealkylation sites (N-methyl/N-ethyl adjacent to an activating group) is 1. The van der Waals surface area contributed by atoms with Gasteiger partial charge in [0.15, 0.2) is 0 Å². The van der Waals surface area contributed by atoms with Crippen LogP contribution in [0.1, 0.15) is 106 Å². The Hall–Kier alpha value is -1.35. The Bertz CT molecular complexity index is 795. The minimum Gasteiger partial charge on any atom is -0.376 e. The van der Waals surface area contributed by atoms with E-state index in [4.69, 9.17) is 4.99 Å². The number of rotatable bonds is 12. The summed E-state index contributed by atoms with van der Waals surface area (Å²) in [6.07, 6.45) is 16.3. The van der Waals surface area contributed by atoms with Crippen molar-refractivity contribution < 1.29 is 0 Å². The van der Waals surface area contributed by atoms with Crippen LogP contribution in [0.4, 0.5) is 0 Å². The van der Waals surface area contributed by atoms with Crippen LogP contribution in [0.2, 0.25) is 0 Å². The Balaban J connectivity index is 0.00000235. The maximum Gasteiger partial charge on any atom is 0.0781 e. The molecule has 3 fully saturated rings. The number of nitrogens with one attached hydrogen (secondary N) is 1. The molecule has 0 spiro atoms. The number of hydrogen-bond acceptors (Lipinski definition) is 3. The van der Waals surface area contributed by atoms with E-state index >= 15 is 0 Å². The van der Waals surface area contributed by atoms with Gasteiger partial charge in [-0.3, -0.25) is 4.99 Å². The smallest absolute Gasteiger partial charge is 0.0781 e. The van der Waals surface area contributed by atoms with E-state index in [0.717, 1.165) is 49.6 Å². The molecule has 3 saturated carbocycles. The van der Waals surface area contributed by atoms with E-state index in [2.05, 4.69) is 71.1 Å². The van der Waals surface area contributed by atoms with Crippen LogP contribution in [0.3, 0.4) is 0 Å². The number of nitrogens with zero attached hydrogens (tertiary/aromatic N) is 2. The molecule has 0 aromatic rings. The van der Waals surface area contributed by atoms with E-state index in [1.165, 1.54) is 63.5 Å². The molecule has 0 aromatic heterocycles.